The van der Waals surface area contributed by atoms with Crippen LogP contribution in [0.25, 0.3) is 0 Å². The Morgan fingerprint density at radius 3 is 2.38 bits per heavy atom. The Kier molecular flexibility index (Phi) is 5.20. The van der Waals surface area contributed by atoms with Crippen molar-refractivity contribution < 1.29 is 4.74 Å². The van der Waals surface area contributed by atoms with Crippen LogP contribution in [0.5, 0.6) is 5.75 Å². The van der Waals surface area contributed by atoms with E-state index in [0.717, 1.165) is 5.75 Å². The van der Waals surface area contributed by atoms with Gasteiger partial charge in [0.1, 0.15) is 5.75 Å². The molecule has 0 fully saturated rings. The highest BCUT2D eigenvalue weighted by molar-refractivity contribution is 14.1. The molecule has 13 heavy (non-hydrogen) atoms. The molecular weight excluding hydrogens is 275 g/mol. The van der Waals surface area contributed by atoms with Gasteiger partial charge < -0.3 is 4.74 Å². The maximum atomic E-state index is 5.09. The number of alkyl halides is 1. The minimum Gasteiger partial charge on any atom is -0.497 e. The molecule has 0 amide bonds. The van der Waals surface area contributed by atoms with Gasteiger partial charge in [-0.3, -0.25) is 0 Å². The summed E-state index contributed by atoms with van der Waals surface area (Å²) in [7, 11) is 1.70. The van der Waals surface area contributed by atoms with Crippen molar-refractivity contribution in [2.24, 2.45) is 0 Å². The fourth-order valence-electron chi connectivity index (χ4n) is 1.22. The van der Waals surface area contributed by atoms with Gasteiger partial charge >= 0.3 is 0 Å². The van der Waals surface area contributed by atoms with Gasteiger partial charge in [-0.05, 0) is 41.4 Å². The van der Waals surface area contributed by atoms with Gasteiger partial charge in [0.05, 0.1) is 7.11 Å². The van der Waals surface area contributed by atoms with Crippen molar-refractivity contribution in [3.05, 3.63) is 29.8 Å². The molecule has 0 unspecified atom stereocenters. The van der Waals surface area contributed by atoms with E-state index in [9.17, 15) is 0 Å². The lowest BCUT2D eigenvalue weighted by atomic mass is 10.1. The Morgan fingerprint density at radius 1 is 1.15 bits per heavy atom. The summed E-state index contributed by atoms with van der Waals surface area (Å²) >= 11 is 2.42. The maximum Gasteiger partial charge on any atom is 0.118 e. The minimum atomic E-state index is 0.942. The average molecular weight is 290 g/mol. The third-order valence-electron chi connectivity index (χ3n) is 2.01. The van der Waals surface area contributed by atoms with Crippen molar-refractivity contribution in [3.63, 3.8) is 0 Å². The predicted molar refractivity (Wildman–Crippen MR) is 64.8 cm³/mol. The highest BCUT2D eigenvalue weighted by Gasteiger charge is 1.93. The topological polar surface area (TPSA) is 9.23 Å². The van der Waals surface area contributed by atoms with Gasteiger partial charge in [-0.1, -0.05) is 34.7 Å². The molecule has 0 saturated carbocycles. The molecule has 0 aliphatic heterocycles. The standard InChI is InChI=1S/C11H15IO/c1-13-11-7-5-10(6-8-11)4-2-3-9-12/h5-8H,2-4,9H2,1H3. The molecule has 0 heterocycles. The van der Waals surface area contributed by atoms with Crippen LogP contribution in [-0.2, 0) is 6.42 Å². The van der Waals surface area contributed by atoms with E-state index >= 15 is 0 Å². The van der Waals surface area contributed by atoms with Gasteiger partial charge in [0, 0.05) is 0 Å². The number of ether oxygens (including phenoxy) is 1. The van der Waals surface area contributed by atoms with Crippen LogP contribution in [0.1, 0.15) is 18.4 Å². The summed E-state index contributed by atoms with van der Waals surface area (Å²) in [6, 6.07) is 8.34. The van der Waals surface area contributed by atoms with Crippen LogP contribution in [-0.4, -0.2) is 11.5 Å². The van der Waals surface area contributed by atoms with Crippen molar-refractivity contribution in [2.45, 2.75) is 19.3 Å². The molecule has 0 atom stereocenters. The highest BCUT2D eigenvalue weighted by atomic mass is 127. The van der Waals surface area contributed by atoms with E-state index in [1.807, 2.05) is 12.1 Å². The summed E-state index contributed by atoms with van der Waals surface area (Å²) in [5, 5.41) is 0. The lowest BCUT2D eigenvalue weighted by Gasteiger charge is -2.02. The van der Waals surface area contributed by atoms with E-state index in [0.29, 0.717) is 0 Å². The number of aryl methyl sites for hydroxylation is 1. The first-order valence-corrected chi connectivity index (χ1v) is 6.08. The smallest absolute Gasteiger partial charge is 0.118 e. The van der Waals surface area contributed by atoms with Gasteiger partial charge in [0.15, 0.2) is 0 Å². The molecule has 0 radical (unpaired) electrons. The van der Waals surface area contributed by atoms with Gasteiger partial charge in [-0.2, -0.15) is 0 Å². The van der Waals surface area contributed by atoms with Crippen LogP contribution in [0.4, 0.5) is 0 Å². The fraction of sp³-hybridized carbons (Fsp3) is 0.455. The summed E-state index contributed by atoms with van der Waals surface area (Å²) in [6.45, 7) is 0. The van der Waals surface area contributed by atoms with Crippen molar-refractivity contribution in [2.75, 3.05) is 11.5 Å². The molecule has 1 aromatic rings. The average Bonchev–Trinajstić information content (AvgIpc) is 2.19. The molecule has 0 bridgehead atoms. The van der Waals surface area contributed by atoms with Crippen LogP contribution >= 0.6 is 22.6 Å². The molecule has 72 valence electrons. The van der Waals surface area contributed by atoms with Crippen LogP contribution in [0.3, 0.4) is 0 Å². The zero-order chi connectivity index (χ0) is 9.52. The van der Waals surface area contributed by atoms with Crippen LogP contribution in [0, 0.1) is 0 Å². The summed E-state index contributed by atoms with van der Waals surface area (Å²) in [4.78, 5) is 0. The van der Waals surface area contributed by atoms with E-state index in [1.54, 1.807) is 7.11 Å². The number of halogens is 1. The van der Waals surface area contributed by atoms with Crippen molar-refractivity contribution in [1.29, 1.82) is 0 Å². The largest absolute Gasteiger partial charge is 0.497 e. The van der Waals surface area contributed by atoms with E-state index in [1.165, 1.54) is 29.3 Å². The van der Waals surface area contributed by atoms with Gasteiger partial charge in [-0.15, -0.1) is 0 Å². The molecule has 1 rings (SSSR count). The second-order valence-electron chi connectivity index (χ2n) is 2.99. The summed E-state index contributed by atoms with van der Waals surface area (Å²) in [5.74, 6) is 0.942. The number of hydrogen-bond acceptors (Lipinski definition) is 1. The first-order chi connectivity index (χ1) is 6.36. The second kappa shape index (κ2) is 6.24. The molecular formula is C11H15IO. The zero-order valence-corrected chi connectivity index (χ0v) is 10.1. The Labute approximate surface area is 93.6 Å². The SMILES string of the molecule is COc1ccc(CCCCI)cc1. The molecule has 1 aromatic carbocycles. The Hall–Kier alpha value is -0.250. The summed E-state index contributed by atoms with van der Waals surface area (Å²) in [5.41, 5.74) is 1.41. The van der Waals surface area contributed by atoms with Crippen molar-refractivity contribution in [3.8, 4) is 5.75 Å². The Balaban J connectivity index is 2.40. The van der Waals surface area contributed by atoms with Gasteiger partial charge in [-0.25, -0.2) is 0 Å². The lowest BCUT2D eigenvalue weighted by Crippen LogP contribution is -1.87. The quantitative estimate of drug-likeness (QED) is 0.458. The number of unbranched alkanes of at least 4 members (excludes halogenated alkanes) is 1. The number of benzene rings is 1. The van der Waals surface area contributed by atoms with E-state index in [4.69, 9.17) is 4.74 Å². The van der Waals surface area contributed by atoms with E-state index < -0.39 is 0 Å². The van der Waals surface area contributed by atoms with Gasteiger partial charge in [0.25, 0.3) is 0 Å². The Bertz CT molecular complexity index is 230. The minimum absolute atomic E-state index is 0.942. The first kappa shape index (κ1) is 10.8. The highest BCUT2D eigenvalue weighted by Crippen LogP contribution is 2.13. The van der Waals surface area contributed by atoms with E-state index in [2.05, 4.69) is 34.7 Å². The maximum absolute atomic E-state index is 5.09. The fourth-order valence-corrected chi connectivity index (χ4v) is 1.76. The Morgan fingerprint density at radius 2 is 1.85 bits per heavy atom. The third kappa shape index (κ3) is 3.98. The van der Waals surface area contributed by atoms with Gasteiger partial charge in [0.2, 0.25) is 0 Å². The first-order valence-electron chi connectivity index (χ1n) is 4.55. The molecule has 0 saturated heterocycles. The van der Waals surface area contributed by atoms with Crippen LogP contribution in [0.15, 0.2) is 24.3 Å². The number of hydrogen-bond donors (Lipinski definition) is 0. The third-order valence-corrected chi connectivity index (χ3v) is 2.77. The molecule has 2 heteroatoms. The van der Waals surface area contributed by atoms with Crippen LogP contribution < -0.4 is 4.74 Å². The zero-order valence-electron chi connectivity index (χ0n) is 7.92. The molecule has 0 spiro atoms. The predicted octanol–water partition coefficient (Wildman–Crippen LogP) is 3.45. The van der Waals surface area contributed by atoms with Crippen LogP contribution in [0.2, 0.25) is 0 Å². The van der Waals surface area contributed by atoms with Crippen molar-refractivity contribution in [1.82, 2.24) is 0 Å². The van der Waals surface area contributed by atoms with Crippen molar-refractivity contribution >= 4 is 22.6 Å². The normalized spacial score (nSPS) is 10.0. The summed E-state index contributed by atoms with van der Waals surface area (Å²) in [6.07, 6.45) is 3.79. The molecule has 0 N–H and O–H groups in total. The number of rotatable bonds is 5. The van der Waals surface area contributed by atoms with E-state index in [-0.39, 0.29) is 0 Å². The molecule has 1 nitrogen and oxygen atoms in total. The molecule has 0 aliphatic carbocycles. The summed E-state index contributed by atoms with van der Waals surface area (Å²) < 4.78 is 6.35. The molecule has 0 aromatic heterocycles. The molecule has 0 aliphatic rings. The second-order valence-corrected chi connectivity index (χ2v) is 4.07. The number of methoxy groups -OCH3 is 1. The monoisotopic (exact) mass is 290 g/mol. The lowest BCUT2D eigenvalue weighted by molar-refractivity contribution is 0.414.